The van der Waals surface area contributed by atoms with Crippen molar-refractivity contribution in [2.24, 2.45) is 0 Å². The largest absolute Gasteiger partial charge is 0.397 e. The van der Waals surface area contributed by atoms with Crippen LogP contribution in [0.15, 0.2) is 42.6 Å². The normalized spacial score (nSPS) is 11.7. The van der Waals surface area contributed by atoms with Gasteiger partial charge in [-0.15, -0.1) is 0 Å². The van der Waals surface area contributed by atoms with E-state index in [1.165, 1.54) is 22.3 Å². The van der Waals surface area contributed by atoms with E-state index in [0.717, 1.165) is 58.1 Å². The van der Waals surface area contributed by atoms with E-state index < -0.39 is 0 Å². The molecule has 4 rings (SSSR count). The summed E-state index contributed by atoms with van der Waals surface area (Å²) in [7, 11) is 0. The molecule has 35 heavy (non-hydrogen) atoms. The lowest BCUT2D eigenvalue weighted by molar-refractivity contribution is -0.114. The summed E-state index contributed by atoms with van der Waals surface area (Å²) in [5, 5.41) is 5.26. The number of aryl methyl sites for hydroxylation is 3. The third kappa shape index (κ3) is 5.14. The molecule has 5 heteroatoms. The van der Waals surface area contributed by atoms with Crippen molar-refractivity contribution in [3.05, 3.63) is 70.5 Å². The first-order valence-corrected chi connectivity index (χ1v) is 12.6. The summed E-state index contributed by atoms with van der Waals surface area (Å²) in [5.41, 5.74) is 15.6. The summed E-state index contributed by atoms with van der Waals surface area (Å²) in [6, 6.07) is 12.9. The highest BCUT2D eigenvalue weighted by atomic mass is 16.1. The van der Waals surface area contributed by atoms with Gasteiger partial charge < -0.3 is 11.1 Å². The molecule has 0 saturated carbocycles. The number of pyridine rings is 2. The number of nitrogens with zero attached hydrogens (tertiary/aromatic N) is 2. The second-order valence-corrected chi connectivity index (χ2v) is 10.1. The molecule has 0 saturated heterocycles. The highest BCUT2D eigenvalue weighted by Gasteiger charge is 2.15. The van der Waals surface area contributed by atoms with Gasteiger partial charge >= 0.3 is 0 Å². The molecule has 0 radical (unpaired) electrons. The third-order valence-corrected chi connectivity index (χ3v) is 6.66. The van der Waals surface area contributed by atoms with Crippen molar-refractivity contribution >= 4 is 39.1 Å². The van der Waals surface area contributed by atoms with Crippen molar-refractivity contribution in [1.82, 2.24) is 9.97 Å². The molecule has 4 aromatic rings. The average molecular weight is 469 g/mol. The summed E-state index contributed by atoms with van der Waals surface area (Å²) < 4.78 is 0. The van der Waals surface area contributed by atoms with E-state index >= 15 is 0 Å². The van der Waals surface area contributed by atoms with Crippen molar-refractivity contribution in [2.75, 3.05) is 11.1 Å². The number of nitrogens with one attached hydrogen (secondary N) is 1. The third-order valence-electron chi connectivity index (χ3n) is 6.66. The number of anilines is 2. The van der Waals surface area contributed by atoms with E-state index in [1.807, 2.05) is 12.3 Å². The van der Waals surface area contributed by atoms with E-state index in [2.05, 4.69) is 75.3 Å². The molecule has 0 unspecified atom stereocenters. The van der Waals surface area contributed by atoms with Gasteiger partial charge in [0, 0.05) is 29.6 Å². The van der Waals surface area contributed by atoms with Crippen molar-refractivity contribution in [2.45, 2.75) is 72.6 Å². The molecule has 2 aromatic carbocycles. The van der Waals surface area contributed by atoms with Crippen LogP contribution >= 0.6 is 0 Å². The number of carbonyl (C=O) groups is 1. The Morgan fingerprint density at radius 2 is 1.60 bits per heavy atom. The van der Waals surface area contributed by atoms with Crippen LogP contribution in [0.1, 0.15) is 81.3 Å². The minimum Gasteiger partial charge on any atom is -0.397 e. The number of carbonyl (C=O) groups excluding carboxylic acids is 1. The fourth-order valence-electron chi connectivity index (χ4n) is 4.85. The Hall–Kier alpha value is -3.47. The fraction of sp³-hybridized carbons (Fsp3) is 0.367. The summed E-state index contributed by atoms with van der Waals surface area (Å²) >= 11 is 0. The van der Waals surface area contributed by atoms with Gasteiger partial charge in [0.05, 0.1) is 22.4 Å². The Kier molecular flexibility index (Phi) is 7.06. The summed E-state index contributed by atoms with van der Waals surface area (Å²) in [6.45, 7) is 12.5. The minimum atomic E-state index is -0.0842. The summed E-state index contributed by atoms with van der Waals surface area (Å²) in [4.78, 5) is 21.5. The van der Waals surface area contributed by atoms with Crippen molar-refractivity contribution in [3.63, 3.8) is 0 Å². The van der Waals surface area contributed by atoms with Gasteiger partial charge in [-0.05, 0) is 89.8 Å². The molecule has 3 N–H and O–H groups in total. The number of aromatic nitrogens is 2. The SMILES string of the molecule is CCc1cc(NC(C)=O)c2nc(CCc3cc(N)c4nccc(C(C)C)c4c3)cc(C(C)C)c2c1. The molecule has 2 heterocycles. The number of nitrogens with two attached hydrogens (primary N) is 1. The smallest absolute Gasteiger partial charge is 0.221 e. The molecule has 0 fully saturated rings. The van der Waals surface area contributed by atoms with Gasteiger partial charge in [-0.3, -0.25) is 14.8 Å². The Balaban J connectivity index is 1.76. The molecule has 1 amide bonds. The molecule has 2 aromatic heterocycles. The second kappa shape index (κ2) is 10.0. The summed E-state index contributed by atoms with van der Waals surface area (Å²) in [5.74, 6) is 0.651. The Morgan fingerprint density at radius 1 is 0.914 bits per heavy atom. The van der Waals surface area contributed by atoms with E-state index in [4.69, 9.17) is 10.7 Å². The highest BCUT2D eigenvalue weighted by molar-refractivity contribution is 6.01. The molecular weight excluding hydrogens is 432 g/mol. The first kappa shape index (κ1) is 24.6. The molecule has 0 aliphatic heterocycles. The molecule has 182 valence electrons. The fourth-order valence-corrected chi connectivity index (χ4v) is 4.85. The average Bonchev–Trinajstić information content (AvgIpc) is 2.81. The van der Waals surface area contributed by atoms with Crippen LogP contribution in [-0.2, 0) is 24.1 Å². The Labute approximate surface area is 208 Å². The highest BCUT2D eigenvalue weighted by Crippen LogP contribution is 2.33. The lowest BCUT2D eigenvalue weighted by Gasteiger charge is -2.17. The molecule has 0 spiro atoms. The van der Waals surface area contributed by atoms with Crippen LogP contribution in [0.4, 0.5) is 11.4 Å². The van der Waals surface area contributed by atoms with Gasteiger partial charge in [-0.25, -0.2) is 0 Å². The number of benzene rings is 2. The maximum atomic E-state index is 11.9. The second-order valence-electron chi connectivity index (χ2n) is 10.1. The molecular formula is C30H36N4O. The first-order chi connectivity index (χ1) is 16.7. The Morgan fingerprint density at radius 3 is 2.26 bits per heavy atom. The number of hydrogen-bond acceptors (Lipinski definition) is 4. The van der Waals surface area contributed by atoms with Crippen LogP contribution in [-0.4, -0.2) is 15.9 Å². The van der Waals surface area contributed by atoms with Crippen LogP contribution in [0, 0.1) is 0 Å². The van der Waals surface area contributed by atoms with Gasteiger partial charge in [-0.2, -0.15) is 0 Å². The number of nitrogen functional groups attached to an aromatic ring is 1. The number of rotatable bonds is 7. The standard InChI is InChI=1S/C30H36N4O/c1-7-20-12-26-24(18(4)5)16-22(34-30(26)28(15-20)33-19(6)35)9-8-21-13-25-23(17(2)3)10-11-32-29(25)27(31)14-21/h10-18H,7-9,31H2,1-6H3,(H,33,35). The van der Waals surface area contributed by atoms with Gasteiger partial charge in [0.25, 0.3) is 0 Å². The van der Waals surface area contributed by atoms with Crippen LogP contribution in [0.2, 0.25) is 0 Å². The minimum absolute atomic E-state index is 0.0842. The van der Waals surface area contributed by atoms with Crippen LogP contribution < -0.4 is 11.1 Å². The zero-order valence-electron chi connectivity index (χ0n) is 21.7. The lowest BCUT2D eigenvalue weighted by atomic mass is 9.93. The van der Waals surface area contributed by atoms with Crippen molar-refractivity contribution in [3.8, 4) is 0 Å². The first-order valence-electron chi connectivity index (χ1n) is 12.6. The van der Waals surface area contributed by atoms with Crippen molar-refractivity contribution in [1.29, 1.82) is 0 Å². The number of hydrogen-bond donors (Lipinski definition) is 2. The topological polar surface area (TPSA) is 80.9 Å². The van der Waals surface area contributed by atoms with Gasteiger partial charge in [0.2, 0.25) is 5.91 Å². The maximum Gasteiger partial charge on any atom is 0.221 e. The predicted octanol–water partition coefficient (Wildman–Crippen LogP) is 6.92. The van der Waals surface area contributed by atoms with E-state index in [-0.39, 0.29) is 5.91 Å². The predicted molar refractivity (Wildman–Crippen MR) is 147 cm³/mol. The van der Waals surface area contributed by atoms with Gasteiger partial charge in [0.1, 0.15) is 0 Å². The van der Waals surface area contributed by atoms with Crippen molar-refractivity contribution < 1.29 is 4.79 Å². The zero-order valence-corrected chi connectivity index (χ0v) is 21.7. The number of amides is 1. The van der Waals surface area contributed by atoms with E-state index in [1.54, 1.807) is 6.92 Å². The van der Waals surface area contributed by atoms with Gasteiger partial charge in [0.15, 0.2) is 0 Å². The zero-order chi connectivity index (χ0) is 25.3. The molecule has 0 aliphatic rings. The lowest BCUT2D eigenvalue weighted by Crippen LogP contribution is -2.09. The molecule has 0 aliphatic carbocycles. The Bertz CT molecular complexity index is 1410. The van der Waals surface area contributed by atoms with Gasteiger partial charge in [-0.1, -0.05) is 34.6 Å². The molecule has 5 nitrogen and oxygen atoms in total. The molecule has 0 bridgehead atoms. The van der Waals surface area contributed by atoms with Crippen LogP contribution in [0.5, 0.6) is 0 Å². The molecule has 0 atom stereocenters. The monoisotopic (exact) mass is 468 g/mol. The number of fused-ring (bicyclic) bond motifs is 2. The summed E-state index contributed by atoms with van der Waals surface area (Å²) in [6.07, 6.45) is 4.35. The van der Waals surface area contributed by atoms with Crippen LogP contribution in [0.3, 0.4) is 0 Å². The van der Waals surface area contributed by atoms with E-state index in [9.17, 15) is 4.79 Å². The maximum absolute atomic E-state index is 11.9. The van der Waals surface area contributed by atoms with E-state index in [0.29, 0.717) is 11.8 Å². The van der Waals surface area contributed by atoms with Crippen LogP contribution in [0.25, 0.3) is 21.8 Å². The quantitative estimate of drug-likeness (QED) is 0.289.